The smallest absolute Gasteiger partial charge is 0.307 e. The molecule has 8 heteroatoms. The van der Waals surface area contributed by atoms with Crippen LogP contribution in [0.5, 0.6) is 0 Å². The van der Waals surface area contributed by atoms with E-state index < -0.39 is 22.2 Å². The van der Waals surface area contributed by atoms with E-state index in [0.29, 0.717) is 6.61 Å². The van der Waals surface area contributed by atoms with Crippen LogP contribution < -0.4 is 0 Å². The number of carbonyl (C=O) groups excluding carboxylic acids is 1. The lowest BCUT2D eigenvalue weighted by molar-refractivity contribution is -0.142. The minimum atomic E-state index is -3.88. The molecule has 0 aliphatic carbocycles. The van der Waals surface area contributed by atoms with Crippen molar-refractivity contribution in [3.05, 3.63) is 29.8 Å². The van der Waals surface area contributed by atoms with Crippen molar-refractivity contribution in [1.82, 2.24) is 0 Å². The van der Waals surface area contributed by atoms with Gasteiger partial charge in [0, 0.05) is 6.61 Å². The zero-order chi connectivity index (χ0) is 19.4. The predicted octanol–water partition coefficient (Wildman–Crippen LogP) is 2.47. The highest BCUT2D eigenvalue weighted by Gasteiger charge is 2.19. The van der Waals surface area contributed by atoms with Crippen molar-refractivity contribution >= 4 is 16.1 Å². The second-order valence-electron chi connectivity index (χ2n) is 5.80. The van der Waals surface area contributed by atoms with Crippen LogP contribution >= 0.6 is 0 Å². The number of aryl methyl sites for hydroxylation is 1. The molecule has 148 valence electrons. The van der Waals surface area contributed by atoms with Gasteiger partial charge >= 0.3 is 5.97 Å². The van der Waals surface area contributed by atoms with E-state index in [2.05, 4.69) is 4.74 Å². The van der Waals surface area contributed by atoms with E-state index in [0.717, 1.165) is 18.4 Å². The van der Waals surface area contributed by atoms with Crippen LogP contribution in [0, 0.1) is 6.92 Å². The highest BCUT2D eigenvalue weighted by molar-refractivity contribution is 7.86. The van der Waals surface area contributed by atoms with Crippen molar-refractivity contribution in [1.29, 1.82) is 0 Å². The Hall–Kier alpha value is -1.48. The van der Waals surface area contributed by atoms with Gasteiger partial charge in [-0.15, -0.1) is 0 Å². The minimum absolute atomic E-state index is 0.0761. The number of hydrogen-bond donors (Lipinski definition) is 0. The number of carbonyl (C=O) groups is 1. The maximum atomic E-state index is 12.3. The molecule has 0 aromatic heterocycles. The van der Waals surface area contributed by atoms with Gasteiger partial charge < -0.3 is 14.2 Å². The second-order valence-corrected chi connectivity index (χ2v) is 7.41. The molecule has 1 rings (SSSR count). The number of hydrogen-bond acceptors (Lipinski definition) is 7. The SMILES string of the molecule is CCCCOC[C@H](COS(=O)(=O)c1ccc(C)cc1)OCCC(=O)OC. The van der Waals surface area contributed by atoms with Crippen LogP contribution in [0.15, 0.2) is 29.2 Å². The number of benzene rings is 1. The minimum Gasteiger partial charge on any atom is -0.469 e. The lowest BCUT2D eigenvalue weighted by Crippen LogP contribution is -2.28. The summed E-state index contributed by atoms with van der Waals surface area (Å²) in [5.41, 5.74) is 0.956. The molecule has 0 saturated heterocycles. The lowest BCUT2D eigenvalue weighted by atomic mass is 10.2. The number of methoxy groups -OCH3 is 1. The fourth-order valence-electron chi connectivity index (χ4n) is 1.95. The van der Waals surface area contributed by atoms with Gasteiger partial charge in [-0.3, -0.25) is 8.98 Å². The second kappa shape index (κ2) is 12.0. The summed E-state index contributed by atoms with van der Waals surface area (Å²) in [6.45, 7) is 4.57. The summed E-state index contributed by atoms with van der Waals surface area (Å²) in [5, 5.41) is 0. The molecule has 7 nitrogen and oxygen atoms in total. The van der Waals surface area contributed by atoms with Crippen LogP contribution in [0.3, 0.4) is 0 Å². The Labute approximate surface area is 155 Å². The molecular formula is C18H28O7S. The highest BCUT2D eigenvalue weighted by Crippen LogP contribution is 2.14. The Morgan fingerprint density at radius 2 is 1.81 bits per heavy atom. The Bertz CT molecular complexity index is 625. The molecule has 1 aromatic carbocycles. The van der Waals surface area contributed by atoms with Crippen molar-refractivity contribution in [2.45, 2.75) is 44.1 Å². The average molecular weight is 388 g/mol. The van der Waals surface area contributed by atoms with E-state index in [1.54, 1.807) is 12.1 Å². The van der Waals surface area contributed by atoms with Gasteiger partial charge in [0.15, 0.2) is 0 Å². The maximum absolute atomic E-state index is 12.3. The van der Waals surface area contributed by atoms with Gasteiger partial charge in [0.2, 0.25) is 0 Å². The molecule has 0 radical (unpaired) electrons. The number of rotatable bonds is 13. The summed E-state index contributed by atoms with van der Waals surface area (Å²) in [6.07, 6.45) is 1.37. The fourth-order valence-corrected chi connectivity index (χ4v) is 2.89. The van der Waals surface area contributed by atoms with E-state index >= 15 is 0 Å². The van der Waals surface area contributed by atoms with Gasteiger partial charge in [-0.1, -0.05) is 31.0 Å². The van der Waals surface area contributed by atoms with Crippen LogP contribution in [0.4, 0.5) is 0 Å². The summed E-state index contributed by atoms with van der Waals surface area (Å²) < 4.78 is 45.2. The fraction of sp³-hybridized carbons (Fsp3) is 0.611. The predicted molar refractivity (Wildman–Crippen MR) is 96.4 cm³/mol. The van der Waals surface area contributed by atoms with E-state index in [4.69, 9.17) is 13.7 Å². The van der Waals surface area contributed by atoms with Crippen molar-refractivity contribution < 1.29 is 31.6 Å². The van der Waals surface area contributed by atoms with Crippen molar-refractivity contribution in [2.24, 2.45) is 0 Å². The van der Waals surface area contributed by atoms with Gasteiger partial charge in [0.05, 0.1) is 38.2 Å². The van der Waals surface area contributed by atoms with Gasteiger partial charge in [0.1, 0.15) is 6.10 Å². The Morgan fingerprint density at radius 1 is 1.12 bits per heavy atom. The zero-order valence-electron chi connectivity index (χ0n) is 15.6. The van der Waals surface area contributed by atoms with Crippen LogP contribution in [0.2, 0.25) is 0 Å². The molecule has 0 heterocycles. The lowest BCUT2D eigenvalue weighted by Gasteiger charge is -2.18. The van der Waals surface area contributed by atoms with Crippen LogP contribution in [0.1, 0.15) is 31.7 Å². The highest BCUT2D eigenvalue weighted by atomic mass is 32.2. The standard InChI is InChI=1S/C18H28O7S/c1-4-5-11-23-13-16(24-12-10-18(19)22-3)14-25-26(20,21)17-8-6-15(2)7-9-17/h6-9,16H,4-5,10-14H2,1-3H3/t16-/m1/s1. The monoisotopic (exact) mass is 388 g/mol. The molecule has 0 amide bonds. The first kappa shape index (κ1) is 22.6. The summed E-state index contributed by atoms with van der Waals surface area (Å²) in [4.78, 5) is 11.2. The van der Waals surface area contributed by atoms with Gasteiger partial charge in [-0.05, 0) is 25.5 Å². The number of unbranched alkanes of at least 4 members (excludes halogenated alkanes) is 1. The first-order valence-corrected chi connectivity index (χ1v) is 10.0. The molecule has 0 bridgehead atoms. The third kappa shape index (κ3) is 8.75. The third-order valence-electron chi connectivity index (χ3n) is 3.55. The molecule has 1 aromatic rings. The van der Waals surface area contributed by atoms with E-state index in [1.165, 1.54) is 19.2 Å². The van der Waals surface area contributed by atoms with Crippen LogP contribution in [0.25, 0.3) is 0 Å². The Kier molecular flexibility index (Phi) is 10.4. The average Bonchev–Trinajstić information content (AvgIpc) is 2.62. The third-order valence-corrected chi connectivity index (χ3v) is 4.85. The van der Waals surface area contributed by atoms with Gasteiger partial charge in [-0.25, -0.2) is 0 Å². The van der Waals surface area contributed by atoms with Crippen LogP contribution in [-0.4, -0.2) is 54.0 Å². The largest absolute Gasteiger partial charge is 0.469 e. The molecule has 0 aliphatic rings. The van der Waals surface area contributed by atoms with Gasteiger partial charge in [0.25, 0.3) is 10.1 Å². The number of esters is 1. The quantitative estimate of drug-likeness (QED) is 0.291. The van der Waals surface area contributed by atoms with Crippen LogP contribution in [-0.2, 0) is 33.3 Å². The summed E-state index contributed by atoms with van der Waals surface area (Å²) in [6, 6.07) is 6.40. The molecule has 0 saturated carbocycles. The molecule has 0 aliphatic heterocycles. The number of ether oxygens (including phenoxy) is 3. The summed E-state index contributed by atoms with van der Waals surface area (Å²) in [5.74, 6) is -0.399. The van der Waals surface area contributed by atoms with Crippen molar-refractivity contribution in [3.8, 4) is 0 Å². The topological polar surface area (TPSA) is 88.1 Å². The molecule has 0 N–H and O–H groups in total. The first-order chi connectivity index (χ1) is 12.4. The molecule has 26 heavy (non-hydrogen) atoms. The Morgan fingerprint density at radius 3 is 2.42 bits per heavy atom. The van der Waals surface area contributed by atoms with E-state index in [-0.39, 0.29) is 31.1 Å². The van der Waals surface area contributed by atoms with E-state index in [1.807, 2.05) is 13.8 Å². The van der Waals surface area contributed by atoms with Crippen molar-refractivity contribution in [2.75, 3.05) is 33.5 Å². The molecule has 0 fully saturated rings. The van der Waals surface area contributed by atoms with Gasteiger partial charge in [-0.2, -0.15) is 8.42 Å². The Balaban J connectivity index is 2.58. The first-order valence-electron chi connectivity index (χ1n) is 8.61. The molecule has 1 atom stereocenters. The summed E-state index contributed by atoms with van der Waals surface area (Å²) in [7, 11) is -2.58. The normalized spacial score (nSPS) is 12.7. The zero-order valence-corrected chi connectivity index (χ0v) is 16.4. The molecule has 0 spiro atoms. The van der Waals surface area contributed by atoms with E-state index in [9.17, 15) is 13.2 Å². The van der Waals surface area contributed by atoms with Crippen molar-refractivity contribution in [3.63, 3.8) is 0 Å². The molecule has 0 unspecified atom stereocenters. The summed E-state index contributed by atoms with van der Waals surface area (Å²) >= 11 is 0. The molecular weight excluding hydrogens is 360 g/mol. The maximum Gasteiger partial charge on any atom is 0.307 e.